The smallest absolute Gasteiger partial charge is 0.171 e. The Kier molecular flexibility index (Phi) is 6.88. The van der Waals surface area contributed by atoms with Crippen LogP contribution in [0.3, 0.4) is 0 Å². The van der Waals surface area contributed by atoms with E-state index in [1.807, 2.05) is 23.6 Å². The number of hydrogen-bond donors (Lipinski definition) is 1. The van der Waals surface area contributed by atoms with E-state index in [9.17, 15) is 0 Å². The predicted molar refractivity (Wildman–Crippen MR) is 139 cm³/mol. The summed E-state index contributed by atoms with van der Waals surface area (Å²) in [6, 6.07) is 8.71. The van der Waals surface area contributed by atoms with Crippen LogP contribution < -0.4 is 10.2 Å². The molecule has 190 valence electrons. The lowest BCUT2D eigenvalue weighted by Crippen LogP contribution is -2.47. The summed E-state index contributed by atoms with van der Waals surface area (Å²) in [5, 5.41) is 7.44. The standard InChI is InChI=1S/C28H39N3O3S/c1-4-13-30-24(5-1)26(12-17-32-27(22-26)7-2-3-8-27)9-14-29-21-23-6-20-35-25(23)31-15-10-28(11-16-31)33-18-19-34-28/h1,4-6,13,20,29H,2-3,7-12,14-19,21-22H2. The molecule has 4 fully saturated rings. The molecule has 6 nitrogen and oxygen atoms in total. The largest absolute Gasteiger partial charge is 0.375 e. The van der Waals surface area contributed by atoms with Gasteiger partial charge in [0.25, 0.3) is 0 Å². The van der Waals surface area contributed by atoms with Gasteiger partial charge < -0.3 is 24.4 Å². The normalized spacial score (nSPS) is 27.7. The lowest BCUT2D eigenvalue weighted by atomic mass is 9.68. The van der Waals surface area contributed by atoms with Crippen LogP contribution in [0.1, 0.15) is 69.0 Å². The van der Waals surface area contributed by atoms with E-state index in [1.54, 1.807) is 0 Å². The summed E-state index contributed by atoms with van der Waals surface area (Å²) >= 11 is 1.86. The highest BCUT2D eigenvalue weighted by Gasteiger charge is 2.48. The lowest BCUT2D eigenvalue weighted by Gasteiger charge is -2.46. The molecule has 0 bridgehead atoms. The Morgan fingerprint density at radius 3 is 2.54 bits per heavy atom. The van der Waals surface area contributed by atoms with Crippen molar-refractivity contribution < 1.29 is 14.2 Å². The molecule has 3 aliphatic heterocycles. The average molecular weight is 498 g/mol. The Balaban J connectivity index is 1.08. The van der Waals surface area contributed by atoms with Crippen molar-refractivity contribution in [3.8, 4) is 0 Å². The van der Waals surface area contributed by atoms with Gasteiger partial charge in [0.2, 0.25) is 0 Å². The van der Waals surface area contributed by atoms with Crippen LogP contribution in [-0.2, 0) is 26.2 Å². The number of nitrogens with one attached hydrogen (secondary N) is 1. The Morgan fingerprint density at radius 1 is 0.943 bits per heavy atom. The van der Waals surface area contributed by atoms with Gasteiger partial charge in [-0.05, 0) is 62.2 Å². The number of rotatable bonds is 7. The first-order valence-electron chi connectivity index (χ1n) is 13.6. The first kappa shape index (κ1) is 23.9. The van der Waals surface area contributed by atoms with Crippen LogP contribution in [0.25, 0.3) is 0 Å². The molecule has 0 aromatic carbocycles. The van der Waals surface area contributed by atoms with E-state index in [-0.39, 0.29) is 16.8 Å². The second-order valence-electron chi connectivity index (χ2n) is 10.9. The van der Waals surface area contributed by atoms with Crippen molar-refractivity contribution in [3.05, 3.63) is 47.1 Å². The van der Waals surface area contributed by atoms with E-state index in [0.717, 1.165) is 78.1 Å². The zero-order valence-electron chi connectivity index (χ0n) is 20.8. The van der Waals surface area contributed by atoms with Crippen LogP contribution in [0.2, 0.25) is 0 Å². The molecule has 1 N–H and O–H groups in total. The highest BCUT2D eigenvalue weighted by molar-refractivity contribution is 7.14. The van der Waals surface area contributed by atoms with Crippen LogP contribution in [0, 0.1) is 0 Å². The zero-order valence-corrected chi connectivity index (χ0v) is 21.6. The van der Waals surface area contributed by atoms with Gasteiger partial charge in [-0.15, -0.1) is 11.3 Å². The van der Waals surface area contributed by atoms with E-state index in [4.69, 9.17) is 19.2 Å². The molecule has 6 rings (SSSR count). The van der Waals surface area contributed by atoms with Crippen LogP contribution in [0.15, 0.2) is 35.8 Å². The molecule has 7 heteroatoms. The quantitative estimate of drug-likeness (QED) is 0.542. The number of hydrogen-bond acceptors (Lipinski definition) is 7. The van der Waals surface area contributed by atoms with Crippen molar-refractivity contribution in [2.75, 3.05) is 44.4 Å². The van der Waals surface area contributed by atoms with Gasteiger partial charge in [0.15, 0.2) is 5.79 Å². The van der Waals surface area contributed by atoms with Gasteiger partial charge in [0.1, 0.15) is 0 Å². The number of piperidine rings is 1. The number of pyridine rings is 1. The predicted octanol–water partition coefficient (Wildman–Crippen LogP) is 5.03. The maximum atomic E-state index is 6.42. The fourth-order valence-corrected chi connectivity index (χ4v) is 7.91. The van der Waals surface area contributed by atoms with Crippen LogP contribution >= 0.6 is 11.3 Å². The SMILES string of the molecule is c1ccc(C2(CCNCc3ccsc3N3CCC4(CC3)OCCO4)CCOC3(CCCC3)C2)nc1. The summed E-state index contributed by atoms with van der Waals surface area (Å²) in [5.41, 5.74) is 2.85. The van der Waals surface area contributed by atoms with Crippen molar-refractivity contribution in [3.63, 3.8) is 0 Å². The Labute approximate surface area is 213 Å². The Hall–Kier alpha value is -1.51. The summed E-state index contributed by atoms with van der Waals surface area (Å²) < 4.78 is 18.3. The third-order valence-corrected chi connectivity index (χ3v) is 9.83. The zero-order chi connectivity index (χ0) is 23.6. The molecule has 1 unspecified atom stereocenters. The molecule has 4 aliphatic rings. The lowest BCUT2D eigenvalue weighted by molar-refractivity contribution is -0.169. The molecule has 5 heterocycles. The minimum atomic E-state index is -0.313. The minimum absolute atomic E-state index is 0.0780. The van der Waals surface area contributed by atoms with Gasteiger partial charge in [-0.25, -0.2) is 0 Å². The fourth-order valence-electron chi connectivity index (χ4n) is 6.92. The molecule has 2 aromatic rings. The van der Waals surface area contributed by atoms with E-state index >= 15 is 0 Å². The number of thiophene rings is 1. The van der Waals surface area contributed by atoms with Crippen molar-refractivity contribution in [1.82, 2.24) is 10.3 Å². The van der Waals surface area contributed by atoms with Gasteiger partial charge in [-0.1, -0.05) is 18.9 Å². The Bertz CT molecular complexity index is 961. The third-order valence-electron chi connectivity index (χ3n) is 8.82. The number of aromatic nitrogens is 1. The molecular weight excluding hydrogens is 458 g/mol. The fraction of sp³-hybridized carbons (Fsp3) is 0.679. The van der Waals surface area contributed by atoms with Gasteiger partial charge in [-0.3, -0.25) is 4.98 Å². The monoisotopic (exact) mass is 497 g/mol. The molecule has 1 atom stereocenters. The number of anilines is 1. The molecule has 3 saturated heterocycles. The highest BCUT2D eigenvalue weighted by atomic mass is 32.1. The second-order valence-corrected chi connectivity index (χ2v) is 11.8. The van der Waals surface area contributed by atoms with Crippen LogP contribution in [0.5, 0.6) is 0 Å². The van der Waals surface area contributed by atoms with E-state index in [2.05, 4.69) is 33.8 Å². The summed E-state index contributed by atoms with van der Waals surface area (Å²) in [4.78, 5) is 7.38. The van der Waals surface area contributed by atoms with Crippen LogP contribution in [-0.4, -0.2) is 55.8 Å². The summed E-state index contributed by atoms with van der Waals surface area (Å²) in [5.74, 6) is -0.313. The van der Waals surface area contributed by atoms with Crippen molar-refractivity contribution in [2.24, 2.45) is 0 Å². The van der Waals surface area contributed by atoms with E-state index in [1.165, 1.54) is 41.9 Å². The maximum absolute atomic E-state index is 6.42. The average Bonchev–Trinajstić information content (AvgIpc) is 3.66. The first-order valence-corrected chi connectivity index (χ1v) is 14.4. The highest BCUT2D eigenvalue weighted by Crippen LogP contribution is 2.49. The Morgan fingerprint density at radius 2 is 1.77 bits per heavy atom. The van der Waals surface area contributed by atoms with Gasteiger partial charge >= 0.3 is 0 Å². The summed E-state index contributed by atoms with van der Waals surface area (Å²) in [7, 11) is 0. The summed E-state index contributed by atoms with van der Waals surface area (Å²) in [6.45, 7) is 6.23. The van der Waals surface area contributed by atoms with Gasteiger partial charge in [-0.2, -0.15) is 0 Å². The van der Waals surface area contributed by atoms with Gasteiger partial charge in [0, 0.05) is 62.0 Å². The molecular formula is C28H39N3O3S. The van der Waals surface area contributed by atoms with Crippen molar-refractivity contribution in [2.45, 2.75) is 81.1 Å². The topological polar surface area (TPSA) is 55.9 Å². The molecule has 2 aromatic heterocycles. The van der Waals surface area contributed by atoms with E-state index < -0.39 is 0 Å². The molecule has 1 aliphatic carbocycles. The molecule has 2 spiro atoms. The molecule has 1 saturated carbocycles. The maximum Gasteiger partial charge on any atom is 0.171 e. The second kappa shape index (κ2) is 10.1. The van der Waals surface area contributed by atoms with Crippen LogP contribution in [0.4, 0.5) is 5.00 Å². The minimum Gasteiger partial charge on any atom is -0.375 e. The molecule has 35 heavy (non-hydrogen) atoms. The molecule has 0 radical (unpaired) electrons. The van der Waals surface area contributed by atoms with Crippen molar-refractivity contribution >= 4 is 16.3 Å². The van der Waals surface area contributed by atoms with E-state index in [0.29, 0.717) is 0 Å². The first-order chi connectivity index (χ1) is 17.2. The van der Waals surface area contributed by atoms with Crippen molar-refractivity contribution in [1.29, 1.82) is 0 Å². The van der Waals surface area contributed by atoms with Gasteiger partial charge in [0.05, 0.1) is 23.8 Å². The molecule has 0 amide bonds. The third kappa shape index (κ3) is 4.90. The summed E-state index contributed by atoms with van der Waals surface area (Å²) in [6.07, 6.45) is 12.2. The number of nitrogens with zero attached hydrogens (tertiary/aromatic N) is 2. The number of ether oxygens (including phenoxy) is 3.